The first kappa shape index (κ1) is 18.4. The minimum absolute atomic E-state index is 0.305. The molecular weight excluding hydrogens is 360 g/mol. The van der Waals surface area contributed by atoms with Crippen LogP contribution in [0.3, 0.4) is 0 Å². The standard InChI is InChI=1S/C19H24N6O3/c1-4-28-18(26)13-9-20-24(11-13)19-22-15-10-21-25(16(15)17(23-19)27-3)14-7-5-12(2)6-8-14/h9-12,14H,4-8H2,1-3H3. The predicted molar refractivity (Wildman–Crippen MR) is 102 cm³/mol. The lowest BCUT2D eigenvalue weighted by Crippen LogP contribution is -2.18. The zero-order valence-corrected chi connectivity index (χ0v) is 16.3. The molecule has 1 aliphatic carbocycles. The summed E-state index contributed by atoms with van der Waals surface area (Å²) in [5.41, 5.74) is 1.83. The van der Waals surface area contributed by atoms with Crippen molar-refractivity contribution in [3.8, 4) is 11.8 Å². The maximum absolute atomic E-state index is 11.9. The van der Waals surface area contributed by atoms with Gasteiger partial charge in [-0.2, -0.15) is 15.2 Å². The first-order chi connectivity index (χ1) is 13.6. The Morgan fingerprint density at radius 1 is 1.18 bits per heavy atom. The molecule has 3 heterocycles. The van der Waals surface area contributed by atoms with Crippen molar-refractivity contribution in [1.82, 2.24) is 29.5 Å². The van der Waals surface area contributed by atoms with E-state index in [-0.39, 0.29) is 0 Å². The quantitative estimate of drug-likeness (QED) is 0.624. The van der Waals surface area contributed by atoms with Gasteiger partial charge in [0.25, 0.3) is 5.95 Å². The Labute approximate surface area is 162 Å². The number of ether oxygens (including phenoxy) is 2. The number of hydrogen-bond donors (Lipinski definition) is 0. The molecule has 0 radical (unpaired) electrons. The number of carbonyl (C=O) groups excluding carboxylic acids is 1. The molecule has 3 aromatic heterocycles. The van der Waals surface area contributed by atoms with Crippen LogP contribution in [0.25, 0.3) is 17.0 Å². The summed E-state index contributed by atoms with van der Waals surface area (Å²) in [6.45, 7) is 4.36. The summed E-state index contributed by atoms with van der Waals surface area (Å²) in [6, 6.07) is 0.331. The summed E-state index contributed by atoms with van der Waals surface area (Å²) in [6.07, 6.45) is 9.28. The maximum atomic E-state index is 11.9. The largest absolute Gasteiger partial charge is 0.479 e. The van der Waals surface area contributed by atoms with Crippen molar-refractivity contribution in [3.05, 3.63) is 24.2 Å². The molecule has 28 heavy (non-hydrogen) atoms. The van der Waals surface area contributed by atoms with Gasteiger partial charge in [0.15, 0.2) is 0 Å². The zero-order valence-electron chi connectivity index (χ0n) is 16.3. The normalized spacial score (nSPS) is 19.7. The number of esters is 1. The van der Waals surface area contributed by atoms with Gasteiger partial charge in [0.1, 0.15) is 11.0 Å². The number of rotatable bonds is 5. The molecule has 0 aliphatic heterocycles. The highest BCUT2D eigenvalue weighted by atomic mass is 16.5. The van der Waals surface area contributed by atoms with Gasteiger partial charge in [0.05, 0.1) is 37.7 Å². The second-order valence-corrected chi connectivity index (χ2v) is 7.16. The van der Waals surface area contributed by atoms with Crippen LogP contribution in [0.4, 0.5) is 0 Å². The second-order valence-electron chi connectivity index (χ2n) is 7.16. The average Bonchev–Trinajstić information content (AvgIpc) is 3.35. The van der Waals surface area contributed by atoms with E-state index in [1.54, 1.807) is 26.4 Å². The molecule has 4 rings (SSSR count). The molecule has 0 bridgehead atoms. The van der Waals surface area contributed by atoms with Crippen LogP contribution in [0.5, 0.6) is 5.88 Å². The lowest BCUT2D eigenvalue weighted by Gasteiger charge is -2.27. The van der Waals surface area contributed by atoms with Gasteiger partial charge in [-0.3, -0.25) is 4.68 Å². The highest BCUT2D eigenvalue weighted by molar-refractivity contribution is 5.88. The van der Waals surface area contributed by atoms with Gasteiger partial charge in [0, 0.05) is 6.20 Å². The Hall–Kier alpha value is -2.97. The summed E-state index contributed by atoms with van der Waals surface area (Å²) in [4.78, 5) is 21.0. The fourth-order valence-corrected chi connectivity index (χ4v) is 3.68. The zero-order chi connectivity index (χ0) is 19.7. The van der Waals surface area contributed by atoms with E-state index in [1.807, 2.05) is 4.68 Å². The number of nitrogens with zero attached hydrogens (tertiary/aromatic N) is 6. The van der Waals surface area contributed by atoms with E-state index < -0.39 is 5.97 Å². The fraction of sp³-hybridized carbons (Fsp3) is 0.526. The van der Waals surface area contributed by atoms with Crippen LogP contribution in [0.1, 0.15) is 55.9 Å². The van der Waals surface area contributed by atoms with Crippen LogP contribution in [0, 0.1) is 5.92 Å². The van der Waals surface area contributed by atoms with Gasteiger partial charge in [-0.25, -0.2) is 14.5 Å². The third-order valence-corrected chi connectivity index (χ3v) is 5.22. The number of carbonyl (C=O) groups is 1. The Bertz CT molecular complexity index is 987. The van der Waals surface area contributed by atoms with Gasteiger partial charge in [0.2, 0.25) is 5.88 Å². The van der Waals surface area contributed by atoms with Gasteiger partial charge in [-0.1, -0.05) is 6.92 Å². The van der Waals surface area contributed by atoms with Crippen molar-refractivity contribution >= 4 is 17.0 Å². The van der Waals surface area contributed by atoms with E-state index in [1.165, 1.54) is 23.7 Å². The molecule has 3 aromatic rings. The van der Waals surface area contributed by atoms with Gasteiger partial charge in [-0.05, 0) is 38.5 Å². The van der Waals surface area contributed by atoms with E-state index in [4.69, 9.17) is 9.47 Å². The highest BCUT2D eigenvalue weighted by Crippen LogP contribution is 2.35. The van der Waals surface area contributed by atoms with Crippen LogP contribution in [-0.4, -0.2) is 49.2 Å². The van der Waals surface area contributed by atoms with Crippen molar-refractivity contribution in [2.75, 3.05) is 13.7 Å². The highest BCUT2D eigenvalue weighted by Gasteiger charge is 2.25. The molecule has 148 valence electrons. The smallest absolute Gasteiger partial charge is 0.341 e. The van der Waals surface area contributed by atoms with Crippen LogP contribution in [-0.2, 0) is 4.74 Å². The van der Waals surface area contributed by atoms with Crippen LogP contribution < -0.4 is 4.74 Å². The summed E-state index contributed by atoms with van der Waals surface area (Å²) < 4.78 is 14.0. The molecule has 9 heteroatoms. The second kappa shape index (κ2) is 7.57. The first-order valence-electron chi connectivity index (χ1n) is 9.62. The lowest BCUT2D eigenvalue weighted by molar-refractivity contribution is 0.0526. The third-order valence-electron chi connectivity index (χ3n) is 5.22. The number of hydrogen-bond acceptors (Lipinski definition) is 7. The summed E-state index contributed by atoms with van der Waals surface area (Å²) in [5.74, 6) is 1.10. The van der Waals surface area contributed by atoms with E-state index >= 15 is 0 Å². The molecule has 0 saturated heterocycles. The Balaban J connectivity index is 1.70. The fourth-order valence-electron chi connectivity index (χ4n) is 3.68. The molecule has 1 saturated carbocycles. The topological polar surface area (TPSA) is 97.0 Å². The third kappa shape index (κ3) is 3.32. The Kier molecular flexibility index (Phi) is 4.97. The summed E-state index contributed by atoms with van der Waals surface area (Å²) >= 11 is 0. The molecular formula is C19H24N6O3. The number of aromatic nitrogens is 6. The van der Waals surface area contributed by atoms with Crippen molar-refractivity contribution in [3.63, 3.8) is 0 Å². The van der Waals surface area contributed by atoms with Crippen LogP contribution in [0.2, 0.25) is 0 Å². The Morgan fingerprint density at radius 2 is 1.96 bits per heavy atom. The molecule has 9 nitrogen and oxygen atoms in total. The van der Waals surface area contributed by atoms with E-state index in [2.05, 4.69) is 27.1 Å². The van der Waals surface area contributed by atoms with E-state index in [0.717, 1.165) is 24.3 Å². The van der Waals surface area contributed by atoms with Crippen molar-refractivity contribution in [2.45, 2.75) is 45.6 Å². The minimum atomic E-state index is -0.430. The lowest BCUT2D eigenvalue weighted by atomic mass is 9.87. The SMILES string of the molecule is CCOC(=O)c1cnn(-c2nc(OC)c3c(cnn3C3CCC(C)CC3)n2)c1. The molecule has 0 N–H and O–H groups in total. The minimum Gasteiger partial charge on any atom is -0.479 e. The van der Waals surface area contributed by atoms with Crippen LogP contribution in [0.15, 0.2) is 18.6 Å². The predicted octanol–water partition coefficient (Wildman–Crippen LogP) is 2.95. The van der Waals surface area contributed by atoms with Gasteiger partial charge < -0.3 is 9.47 Å². The monoisotopic (exact) mass is 384 g/mol. The van der Waals surface area contributed by atoms with E-state index in [0.29, 0.717) is 35.6 Å². The molecule has 0 aromatic carbocycles. The molecule has 0 amide bonds. The molecule has 1 fully saturated rings. The first-order valence-corrected chi connectivity index (χ1v) is 9.62. The van der Waals surface area contributed by atoms with Crippen molar-refractivity contribution in [2.24, 2.45) is 5.92 Å². The van der Waals surface area contributed by atoms with E-state index in [9.17, 15) is 4.79 Å². The molecule has 0 atom stereocenters. The maximum Gasteiger partial charge on any atom is 0.341 e. The number of fused-ring (bicyclic) bond motifs is 1. The average molecular weight is 384 g/mol. The molecule has 0 spiro atoms. The Morgan fingerprint density at radius 3 is 2.68 bits per heavy atom. The van der Waals surface area contributed by atoms with Gasteiger partial charge in [-0.15, -0.1) is 0 Å². The van der Waals surface area contributed by atoms with Gasteiger partial charge >= 0.3 is 5.97 Å². The van der Waals surface area contributed by atoms with Crippen molar-refractivity contribution < 1.29 is 14.3 Å². The molecule has 0 unspecified atom stereocenters. The summed E-state index contributed by atoms with van der Waals surface area (Å²) in [5, 5.41) is 8.76. The number of methoxy groups -OCH3 is 1. The van der Waals surface area contributed by atoms with Crippen molar-refractivity contribution in [1.29, 1.82) is 0 Å². The molecule has 1 aliphatic rings. The summed E-state index contributed by atoms with van der Waals surface area (Å²) in [7, 11) is 1.58. The van der Waals surface area contributed by atoms with Crippen LogP contribution >= 0.6 is 0 Å².